The van der Waals surface area contributed by atoms with Crippen LogP contribution in [0.2, 0.25) is 0 Å². The normalized spacial score (nSPS) is 10.3. The van der Waals surface area contributed by atoms with Gasteiger partial charge in [0.05, 0.1) is 0 Å². The Balaban J connectivity index is 1.87. The minimum atomic E-state index is -0.107. The van der Waals surface area contributed by atoms with Crippen LogP contribution in [0.15, 0.2) is 36.5 Å². The van der Waals surface area contributed by atoms with Crippen molar-refractivity contribution < 1.29 is 4.79 Å². The summed E-state index contributed by atoms with van der Waals surface area (Å²) in [7, 11) is 1.81. The maximum absolute atomic E-state index is 11.9. The summed E-state index contributed by atoms with van der Waals surface area (Å²) in [4.78, 5) is 11.9. The number of nitrogens with zero attached hydrogens (tertiary/aromatic N) is 2. The molecule has 1 amide bonds. The summed E-state index contributed by atoms with van der Waals surface area (Å²) in [5.74, 6) is -0.107. The van der Waals surface area contributed by atoms with Crippen molar-refractivity contribution in [2.24, 2.45) is 7.05 Å². The summed E-state index contributed by atoms with van der Waals surface area (Å²) in [6.45, 7) is 2.51. The van der Waals surface area contributed by atoms with Gasteiger partial charge in [-0.2, -0.15) is 5.10 Å². The van der Waals surface area contributed by atoms with Crippen LogP contribution in [-0.4, -0.2) is 22.2 Å². The Morgan fingerprint density at radius 2 is 2.06 bits per heavy atom. The third-order valence-corrected chi connectivity index (χ3v) is 2.77. The van der Waals surface area contributed by atoms with Crippen molar-refractivity contribution in [1.29, 1.82) is 0 Å². The van der Waals surface area contributed by atoms with E-state index in [4.69, 9.17) is 0 Å². The van der Waals surface area contributed by atoms with E-state index < -0.39 is 0 Å². The molecule has 0 unspecified atom stereocenters. The second-order valence-electron chi connectivity index (χ2n) is 4.33. The van der Waals surface area contributed by atoms with Crippen LogP contribution in [0.5, 0.6) is 0 Å². The topological polar surface area (TPSA) is 46.9 Å². The third kappa shape index (κ3) is 2.97. The molecular weight excluding hydrogens is 226 g/mol. The molecule has 2 aromatic rings. The smallest absolute Gasteiger partial charge is 0.272 e. The number of carbonyl (C=O) groups is 1. The number of aromatic nitrogens is 2. The van der Waals surface area contributed by atoms with Crippen molar-refractivity contribution >= 4 is 5.91 Å². The molecule has 0 fully saturated rings. The van der Waals surface area contributed by atoms with Gasteiger partial charge in [0.2, 0.25) is 0 Å². The number of rotatable bonds is 4. The van der Waals surface area contributed by atoms with Crippen LogP contribution in [-0.2, 0) is 13.5 Å². The molecule has 0 atom stereocenters. The first kappa shape index (κ1) is 12.4. The Labute approximate surface area is 107 Å². The molecule has 0 bridgehead atoms. The van der Waals surface area contributed by atoms with Crippen molar-refractivity contribution in [3.05, 3.63) is 53.3 Å². The zero-order chi connectivity index (χ0) is 13.0. The van der Waals surface area contributed by atoms with Crippen molar-refractivity contribution in [1.82, 2.24) is 15.1 Å². The van der Waals surface area contributed by atoms with Crippen molar-refractivity contribution in [2.75, 3.05) is 6.54 Å². The van der Waals surface area contributed by atoms with Crippen LogP contribution in [0.4, 0.5) is 0 Å². The van der Waals surface area contributed by atoms with Gasteiger partial charge in [-0.15, -0.1) is 0 Å². The molecule has 1 heterocycles. The Hall–Kier alpha value is -2.10. The van der Waals surface area contributed by atoms with Gasteiger partial charge in [-0.1, -0.05) is 30.3 Å². The van der Waals surface area contributed by atoms with E-state index >= 15 is 0 Å². The Morgan fingerprint density at radius 1 is 1.33 bits per heavy atom. The Kier molecular flexibility index (Phi) is 3.77. The number of hydrogen-bond donors (Lipinski definition) is 1. The minimum absolute atomic E-state index is 0.107. The van der Waals surface area contributed by atoms with Gasteiger partial charge in [-0.05, 0) is 18.9 Å². The van der Waals surface area contributed by atoms with Gasteiger partial charge in [0, 0.05) is 25.4 Å². The van der Waals surface area contributed by atoms with Gasteiger partial charge in [0.25, 0.3) is 5.91 Å². The highest BCUT2D eigenvalue weighted by molar-refractivity contribution is 5.93. The minimum Gasteiger partial charge on any atom is -0.350 e. The predicted molar refractivity (Wildman–Crippen MR) is 70.4 cm³/mol. The molecule has 0 aliphatic carbocycles. The largest absolute Gasteiger partial charge is 0.350 e. The van der Waals surface area contributed by atoms with Crippen LogP contribution < -0.4 is 5.32 Å². The fourth-order valence-corrected chi connectivity index (χ4v) is 1.88. The fourth-order valence-electron chi connectivity index (χ4n) is 1.88. The lowest BCUT2D eigenvalue weighted by Gasteiger charge is -2.04. The molecule has 18 heavy (non-hydrogen) atoms. The van der Waals surface area contributed by atoms with Gasteiger partial charge >= 0.3 is 0 Å². The van der Waals surface area contributed by atoms with E-state index in [2.05, 4.69) is 22.5 Å². The average molecular weight is 243 g/mol. The van der Waals surface area contributed by atoms with Crippen LogP contribution in [0.25, 0.3) is 0 Å². The van der Waals surface area contributed by atoms with E-state index in [-0.39, 0.29) is 5.91 Å². The maximum atomic E-state index is 11.9. The van der Waals surface area contributed by atoms with E-state index in [0.29, 0.717) is 12.2 Å². The highest BCUT2D eigenvalue weighted by Gasteiger charge is 2.12. The molecule has 0 radical (unpaired) electrons. The number of hydrogen-bond acceptors (Lipinski definition) is 2. The van der Waals surface area contributed by atoms with E-state index in [1.807, 2.05) is 38.4 Å². The number of nitrogens with one attached hydrogen (secondary N) is 1. The summed E-state index contributed by atoms with van der Waals surface area (Å²) in [5, 5.41) is 7.03. The molecule has 1 N–H and O–H groups in total. The zero-order valence-corrected chi connectivity index (χ0v) is 10.7. The summed E-state index contributed by atoms with van der Waals surface area (Å²) >= 11 is 0. The standard InChI is InChI=1S/C14H17N3O/c1-11-10-17(2)16-13(11)14(18)15-9-8-12-6-4-3-5-7-12/h3-7,10H,8-9H2,1-2H3,(H,15,18). The molecule has 1 aromatic heterocycles. The second-order valence-corrected chi connectivity index (χ2v) is 4.33. The lowest BCUT2D eigenvalue weighted by Crippen LogP contribution is -2.26. The quantitative estimate of drug-likeness (QED) is 0.888. The monoisotopic (exact) mass is 243 g/mol. The van der Waals surface area contributed by atoms with E-state index in [9.17, 15) is 4.79 Å². The van der Waals surface area contributed by atoms with Gasteiger partial charge in [-0.3, -0.25) is 9.48 Å². The molecule has 0 saturated heterocycles. The van der Waals surface area contributed by atoms with Crippen LogP contribution in [0, 0.1) is 6.92 Å². The van der Waals surface area contributed by atoms with Gasteiger partial charge in [0.1, 0.15) is 0 Å². The summed E-state index contributed by atoms with van der Waals surface area (Å²) in [6.07, 6.45) is 2.67. The van der Waals surface area contributed by atoms with Gasteiger partial charge in [0.15, 0.2) is 5.69 Å². The lowest BCUT2D eigenvalue weighted by atomic mass is 10.1. The number of carbonyl (C=O) groups excluding carboxylic acids is 1. The summed E-state index contributed by atoms with van der Waals surface area (Å²) in [5.41, 5.74) is 2.62. The number of benzene rings is 1. The molecule has 94 valence electrons. The highest BCUT2D eigenvalue weighted by atomic mass is 16.1. The van der Waals surface area contributed by atoms with E-state index in [1.54, 1.807) is 4.68 Å². The van der Waals surface area contributed by atoms with E-state index in [0.717, 1.165) is 12.0 Å². The zero-order valence-electron chi connectivity index (χ0n) is 10.7. The molecular formula is C14H17N3O. The van der Waals surface area contributed by atoms with E-state index in [1.165, 1.54) is 5.56 Å². The molecule has 0 aliphatic rings. The summed E-state index contributed by atoms with van der Waals surface area (Å²) in [6, 6.07) is 10.1. The fraction of sp³-hybridized carbons (Fsp3) is 0.286. The number of amides is 1. The molecule has 0 saturated carbocycles. The summed E-state index contributed by atoms with van der Waals surface area (Å²) < 4.78 is 1.65. The maximum Gasteiger partial charge on any atom is 0.272 e. The van der Waals surface area contributed by atoms with Gasteiger partial charge < -0.3 is 5.32 Å². The molecule has 0 aliphatic heterocycles. The molecule has 1 aromatic carbocycles. The lowest BCUT2D eigenvalue weighted by molar-refractivity contribution is 0.0948. The molecule has 2 rings (SSSR count). The molecule has 4 heteroatoms. The van der Waals surface area contributed by atoms with Crippen molar-refractivity contribution in [2.45, 2.75) is 13.3 Å². The first-order chi connectivity index (χ1) is 8.66. The number of aryl methyl sites for hydroxylation is 2. The second kappa shape index (κ2) is 5.49. The molecule has 0 spiro atoms. The first-order valence-electron chi connectivity index (χ1n) is 5.99. The van der Waals surface area contributed by atoms with Crippen molar-refractivity contribution in [3.63, 3.8) is 0 Å². The third-order valence-electron chi connectivity index (χ3n) is 2.77. The first-order valence-corrected chi connectivity index (χ1v) is 5.99. The predicted octanol–water partition coefficient (Wildman–Crippen LogP) is 1.70. The Bertz CT molecular complexity index is 531. The average Bonchev–Trinajstić information content (AvgIpc) is 2.70. The van der Waals surface area contributed by atoms with Crippen LogP contribution in [0.3, 0.4) is 0 Å². The van der Waals surface area contributed by atoms with Gasteiger partial charge in [-0.25, -0.2) is 0 Å². The SMILES string of the molecule is Cc1cn(C)nc1C(=O)NCCc1ccccc1. The van der Waals surface area contributed by atoms with Crippen LogP contribution >= 0.6 is 0 Å². The Morgan fingerprint density at radius 3 is 2.67 bits per heavy atom. The highest BCUT2D eigenvalue weighted by Crippen LogP contribution is 2.04. The van der Waals surface area contributed by atoms with Crippen LogP contribution in [0.1, 0.15) is 21.6 Å². The molecule has 4 nitrogen and oxygen atoms in total. The van der Waals surface area contributed by atoms with Crippen molar-refractivity contribution in [3.8, 4) is 0 Å².